The van der Waals surface area contributed by atoms with Crippen molar-refractivity contribution in [3.63, 3.8) is 0 Å². The summed E-state index contributed by atoms with van der Waals surface area (Å²) in [5, 5.41) is 2.43. The van der Waals surface area contributed by atoms with Crippen LogP contribution >= 0.6 is 0 Å². The van der Waals surface area contributed by atoms with E-state index in [0.29, 0.717) is 12.8 Å². The van der Waals surface area contributed by atoms with Crippen LogP contribution in [-0.2, 0) is 19.1 Å². The van der Waals surface area contributed by atoms with Crippen molar-refractivity contribution in [2.24, 2.45) is 0 Å². The zero-order valence-electron chi connectivity index (χ0n) is 9.33. The number of hydrogen-bond acceptors (Lipinski definition) is 4. The summed E-state index contributed by atoms with van der Waals surface area (Å²) in [5.41, 5.74) is 0. The van der Waals surface area contributed by atoms with Gasteiger partial charge < -0.3 is 10.1 Å². The minimum atomic E-state index is -0.901. The lowest BCUT2D eigenvalue weighted by atomic mass is 10.2. The molecule has 0 aliphatic heterocycles. The zero-order chi connectivity index (χ0) is 11.8. The lowest BCUT2D eigenvalue weighted by Crippen LogP contribution is -2.42. The van der Waals surface area contributed by atoms with E-state index in [1.165, 1.54) is 6.92 Å². The van der Waals surface area contributed by atoms with Crippen molar-refractivity contribution in [1.82, 2.24) is 5.32 Å². The van der Waals surface area contributed by atoms with E-state index in [1.54, 1.807) is 6.92 Å². The second-order valence-electron chi connectivity index (χ2n) is 3.12. The monoisotopic (exact) mass is 215 g/mol. The maximum absolute atomic E-state index is 11.3. The summed E-state index contributed by atoms with van der Waals surface area (Å²) >= 11 is 0. The summed E-state index contributed by atoms with van der Waals surface area (Å²) < 4.78 is 4.53. The van der Waals surface area contributed by atoms with Crippen LogP contribution in [0.2, 0.25) is 0 Å². The lowest BCUT2D eigenvalue weighted by Gasteiger charge is -2.11. The fourth-order valence-corrected chi connectivity index (χ4v) is 0.985. The van der Waals surface area contributed by atoms with E-state index in [2.05, 4.69) is 10.1 Å². The molecule has 1 N–H and O–H groups in total. The topological polar surface area (TPSA) is 72.5 Å². The molecule has 0 unspecified atom stereocenters. The Bertz CT molecular complexity index is 250. The molecule has 0 bridgehead atoms. The van der Waals surface area contributed by atoms with Gasteiger partial charge >= 0.3 is 5.97 Å². The number of ketones is 1. The van der Waals surface area contributed by atoms with Crippen molar-refractivity contribution in [2.75, 3.05) is 6.61 Å². The van der Waals surface area contributed by atoms with Gasteiger partial charge in [-0.05, 0) is 20.3 Å². The fourth-order valence-electron chi connectivity index (χ4n) is 0.985. The van der Waals surface area contributed by atoms with E-state index >= 15 is 0 Å². The molecule has 0 fully saturated rings. The second kappa shape index (κ2) is 6.98. The van der Waals surface area contributed by atoms with Crippen LogP contribution in [0, 0.1) is 0 Å². The first kappa shape index (κ1) is 13.6. The molecule has 0 rings (SSSR count). The number of Topliss-reactive ketones (excluding diaryl/α,β-unsaturated/α-hetero) is 1. The third kappa shape index (κ3) is 5.15. The van der Waals surface area contributed by atoms with Crippen molar-refractivity contribution in [3.8, 4) is 0 Å². The number of hydrogen-bond donors (Lipinski definition) is 1. The molecule has 86 valence electrons. The molecule has 0 aromatic rings. The minimum Gasteiger partial charge on any atom is -0.460 e. The number of nitrogens with one attached hydrogen (secondary N) is 1. The molecule has 0 aliphatic carbocycles. The van der Waals surface area contributed by atoms with Crippen molar-refractivity contribution in [1.29, 1.82) is 0 Å². The molecule has 5 heteroatoms. The van der Waals surface area contributed by atoms with Crippen LogP contribution in [0.5, 0.6) is 0 Å². The molecule has 0 heterocycles. The first-order chi connectivity index (χ1) is 7.02. The maximum atomic E-state index is 11.3. The van der Waals surface area contributed by atoms with Crippen LogP contribution in [0.4, 0.5) is 0 Å². The standard InChI is InChI=1S/C10H17NO4/c1-4-6-8(12)11-7(3)9(13)10(14)15-5-2/h7H,4-6H2,1-3H3,(H,11,12)/t7-/m1/s1. The lowest BCUT2D eigenvalue weighted by molar-refractivity contribution is -0.154. The van der Waals surface area contributed by atoms with Gasteiger partial charge in [0, 0.05) is 6.42 Å². The average Bonchev–Trinajstić information content (AvgIpc) is 2.17. The highest BCUT2D eigenvalue weighted by Gasteiger charge is 2.23. The van der Waals surface area contributed by atoms with Gasteiger partial charge in [-0.3, -0.25) is 9.59 Å². The third-order valence-electron chi connectivity index (χ3n) is 1.72. The second-order valence-corrected chi connectivity index (χ2v) is 3.12. The Labute approximate surface area is 89.2 Å². The van der Waals surface area contributed by atoms with Gasteiger partial charge in [0.15, 0.2) is 0 Å². The Morgan fingerprint density at radius 2 is 1.87 bits per heavy atom. The van der Waals surface area contributed by atoms with Gasteiger partial charge in [-0.1, -0.05) is 6.92 Å². The molecule has 0 aliphatic rings. The van der Waals surface area contributed by atoms with Crippen molar-refractivity contribution < 1.29 is 19.1 Å². The molecule has 0 saturated heterocycles. The van der Waals surface area contributed by atoms with Gasteiger partial charge in [0.25, 0.3) is 5.78 Å². The number of esters is 1. The number of carbonyl (C=O) groups is 3. The Morgan fingerprint density at radius 1 is 1.27 bits per heavy atom. The Kier molecular flexibility index (Phi) is 6.33. The first-order valence-electron chi connectivity index (χ1n) is 5.03. The quantitative estimate of drug-likeness (QED) is 0.515. The fraction of sp³-hybridized carbons (Fsp3) is 0.700. The molecular weight excluding hydrogens is 198 g/mol. The SMILES string of the molecule is CCCC(=O)N[C@H](C)C(=O)C(=O)OCC. The van der Waals surface area contributed by atoms with Crippen LogP contribution in [0.1, 0.15) is 33.6 Å². The summed E-state index contributed by atoms with van der Waals surface area (Å²) in [7, 11) is 0. The van der Waals surface area contributed by atoms with Crippen LogP contribution in [-0.4, -0.2) is 30.3 Å². The molecule has 0 radical (unpaired) electrons. The van der Waals surface area contributed by atoms with Gasteiger partial charge in [0.05, 0.1) is 12.6 Å². The number of carbonyl (C=O) groups excluding carboxylic acids is 3. The number of rotatable bonds is 6. The summed E-state index contributed by atoms with van der Waals surface area (Å²) in [6.45, 7) is 5.09. The highest BCUT2D eigenvalue weighted by atomic mass is 16.5. The minimum absolute atomic E-state index is 0.153. The summed E-state index contributed by atoms with van der Waals surface area (Å²) in [6.07, 6.45) is 1.05. The predicted molar refractivity (Wildman–Crippen MR) is 54.2 cm³/mol. The van der Waals surface area contributed by atoms with Crippen molar-refractivity contribution in [3.05, 3.63) is 0 Å². The molecule has 15 heavy (non-hydrogen) atoms. The Balaban J connectivity index is 4.09. The Hall–Kier alpha value is -1.39. The molecule has 0 spiro atoms. The van der Waals surface area contributed by atoms with Crippen molar-refractivity contribution in [2.45, 2.75) is 39.7 Å². The summed E-state index contributed by atoms with van der Waals surface area (Å²) in [5.74, 6) is -1.86. The first-order valence-corrected chi connectivity index (χ1v) is 5.03. The molecule has 1 amide bonds. The normalized spacial score (nSPS) is 11.7. The largest absolute Gasteiger partial charge is 0.460 e. The molecular formula is C10H17NO4. The molecule has 0 aromatic carbocycles. The van der Waals surface area contributed by atoms with Crippen molar-refractivity contribution >= 4 is 17.7 Å². The van der Waals surface area contributed by atoms with Crippen LogP contribution in [0.15, 0.2) is 0 Å². The Morgan fingerprint density at radius 3 is 2.33 bits per heavy atom. The summed E-state index contributed by atoms with van der Waals surface area (Å²) in [4.78, 5) is 33.4. The van der Waals surface area contributed by atoms with Gasteiger partial charge in [0.1, 0.15) is 0 Å². The van der Waals surface area contributed by atoms with E-state index < -0.39 is 17.8 Å². The predicted octanol–water partition coefficient (Wildman–Crippen LogP) is 0.423. The van der Waals surface area contributed by atoms with Gasteiger partial charge in [-0.25, -0.2) is 4.79 Å². The van der Waals surface area contributed by atoms with Gasteiger partial charge in [-0.2, -0.15) is 0 Å². The molecule has 0 aromatic heterocycles. The van der Waals surface area contributed by atoms with E-state index in [-0.39, 0.29) is 12.5 Å². The van der Waals surface area contributed by atoms with Crippen LogP contribution < -0.4 is 5.32 Å². The van der Waals surface area contributed by atoms with E-state index in [0.717, 1.165) is 0 Å². The van der Waals surface area contributed by atoms with Crippen LogP contribution in [0.25, 0.3) is 0 Å². The average molecular weight is 215 g/mol. The van der Waals surface area contributed by atoms with Gasteiger partial charge in [-0.15, -0.1) is 0 Å². The molecule has 0 saturated carbocycles. The highest BCUT2D eigenvalue weighted by Crippen LogP contribution is 1.92. The van der Waals surface area contributed by atoms with E-state index in [1.807, 2.05) is 6.92 Å². The molecule has 5 nitrogen and oxygen atoms in total. The number of amides is 1. The van der Waals surface area contributed by atoms with Crippen LogP contribution in [0.3, 0.4) is 0 Å². The third-order valence-corrected chi connectivity index (χ3v) is 1.72. The zero-order valence-corrected chi connectivity index (χ0v) is 9.33. The smallest absolute Gasteiger partial charge is 0.376 e. The van der Waals surface area contributed by atoms with Gasteiger partial charge in [0.2, 0.25) is 5.91 Å². The maximum Gasteiger partial charge on any atom is 0.376 e. The van der Waals surface area contributed by atoms with E-state index in [9.17, 15) is 14.4 Å². The highest BCUT2D eigenvalue weighted by molar-refractivity contribution is 6.35. The summed E-state index contributed by atoms with van der Waals surface area (Å²) in [6, 6.07) is -0.817. The number of ether oxygens (including phenoxy) is 1. The molecule has 1 atom stereocenters. The van der Waals surface area contributed by atoms with E-state index in [4.69, 9.17) is 0 Å².